The first kappa shape index (κ1) is 19.4. The van der Waals surface area contributed by atoms with Crippen molar-refractivity contribution in [2.24, 2.45) is 0 Å². The van der Waals surface area contributed by atoms with E-state index in [4.69, 9.17) is 4.52 Å². The second kappa shape index (κ2) is 7.01. The Labute approximate surface area is 159 Å². The number of hydrogen-bond acceptors (Lipinski definition) is 9. The number of aryl methyl sites for hydroxylation is 1. The highest BCUT2D eigenvalue weighted by Gasteiger charge is 2.41. The third-order valence-electron chi connectivity index (χ3n) is 4.01. The number of likely N-dealkylation sites (N-methyl/N-ethyl adjacent to an activating group) is 1. The molecule has 1 aliphatic rings. The van der Waals surface area contributed by atoms with Crippen LogP contribution in [-0.4, -0.2) is 54.6 Å². The molecule has 0 unspecified atom stereocenters. The number of sulfonamides is 1. The first-order chi connectivity index (χ1) is 13.2. The molecule has 3 N–H and O–H groups in total. The molecule has 0 saturated carbocycles. The second-order valence-electron chi connectivity index (χ2n) is 5.75. The van der Waals surface area contributed by atoms with Crippen molar-refractivity contribution < 1.29 is 37.3 Å². The van der Waals surface area contributed by atoms with Crippen LogP contribution in [0.25, 0.3) is 5.76 Å². The van der Waals surface area contributed by atoms with E-state index in [-0.39, 0.29) is 28.2 Å². The number of nitrogens with one attached hydrogen (secondary N) is 1. The minimum atomic E-state index is -4.25. The molecule has 0 aliphatic carbocycles. The maximum Gasteiger partial charge on any atom is 0.562 e. The zero-order valence-corrected chi connectivity index (χ0v) is 15.4. The van der Waals surface area contributed by atoms with Crippen LogP contribution < -0.4 is 10.8 Å². The van der Waals surface area contributed by atoms with Gasteiger partial charge in [0.1, 0.15) is 5.76 Å². The van der Waals surface area contributed by atoms with Crippen LogP contribution in [-0.2, 0) is 24.3 Å². The summed E-state index contributed by atoms with van der Waals surface area (Å²) >= 11 is 0. The first-order valence-electron chi connectivity index (χ1n) is 7.75. The van der Waals surface area contributed by atoms with Gasteiger partial charge in [-0.1, -0.05) is 17.3 Å². The number of aliphatic hydroxyl groups is 1. The summed E-state index contributed by atoms with van der Waals surface area (Å²) in [7, 11) is -5.02. The van der Waals surface area contributed by atoms with Gasteiger partial charge < -0.3 is 24.6 Å². The molecule has 11 nitrogen and oxygen atoms in total. The number of aromatic nitrogens is 1. The molecule has 1 aliphatic heterocycles. The Bertz CT molecular complexity index is 1090. The van der Waals surface area contributed by atoms with Gasteiger partial charge in [0.2, 0.25) is 0 Å². The number of hydrogen-bond donors (Lipinski definition) is 3. The van der Waals surface area contributed by atoms with Crippen LogP contribution in [0.1, 0.15) is 11.3 Å². The zero-order chi connectivity index (χ0) is 20.6. The topological polar surface area (TPSA) is 159 Å². The average molecular weight is 407 g/mol. The average Bonchev–Trinajstić information content (AvgIpc) is 3.04. The molecule has 0 saturated heterocycles. The molecule has 28 heavy (non-hydrogen) atoms. The number of amides is 1. The standard InChI is InChI=1S/C15H14BN3O8S/c1-8-6-11(18-27-8)17-15(22)13-14(21)12-9(16(23)26-7-20)4-3-5-10(12)28(24,25)19(13)2/h3-7,21,23H,1-2H3,(H,17,18,22). The Morgan fingerprint density at radius 1 is 1.43 bits per heavy atom. The van der Waals surface area contributed by atoms with Gasteiger partial charge in [-0.05, 0) is 13.0 Å². The lowest BCUT2D eigenvalue weighted by Crippen LogP contribution is -2.42. The summed E-state index contributed by atoms with van der Waals surface area (Å²) < 4.78 is 35.5. The Kier molecular flexibility index (Phi) is 4.87. The number of anilines is 1. The molecular formula is C15H14BN3O8S. The van der Waals surface area contributed by atoms with Gasteiger partial charge in [0.15, 0.2) is 17.3 Å². The fourth-order valence-corrected chi connectivity index (χ4v) is 4.16. The molecule has 146 valence electrons. The fraction of sp³-hybridized carbons (Fsp3) is 0.133. The number of carbonyl (C=O) groups excluding carboxylic acids is 2. The largest absolute Gasteiger partial charge is 0.562 e. The van der Waals surface area contributed by atoms with Crippen LogP contribution in [0.3, 0.4) is 0 Å². The van der Waals surface area contributed by atoms with E-state index in [2.05, 4.69) is 15.1 Å². The van der Waals surface area contributed by atoms with Gasteiger partial charge in [0, 0.05) is 24.1 Å². The van der Waals surface area contributed by atoms with Crippen LogP contribution in [0.5, 0.6) is 0 Å². The molecule has 13 heteroatoms. The predicted octanol–water partition coefficient (Wildman–Crippen LogP) is -0.657. The maximum absolute atomic E-state index is 12.8. The van der Waals surface area contributed by atoms with Crippen molar-refractivity contribution in [2.45, 2.75) is 11.8 Å². The summed E-state index contributed by atoms with van der Waals surface area (Å²) in [5, 5.41) is 26.6. The molecule has 2 heterocycles. The van der Waals surface area contributed by atoms with Gasteiger partial charge in [-0.2, -0.15) is 0 Å². The van der Waals surface area contributed by atoms with Crippen molar-refractivity contribution in [3.8, 4) is 0 Å². The number of aliphatic hydroxyl groups excluding tert-OH is 1. The second-order valence-corrected chi connectivity index (χ2v) is 7.69. The molecule has 0 atom stereocenters. The van der Waals surface area contributed by atoms with E-state index in [1.54, 1.807) is 6.92 Å². The fourth-order valence-electron chi connectivity index (χ4n) is 2.73. The number of benzene rings is 1. The lowest BCUT2D eigenvalue weighted by molar-refractivity contribution is -0.121. The smallest absolute Gasteiger partial charge is 0.508 e. The van der Waals surface area contributed by atoms with Crippen molar-refractivity contribution in [2.75, 3.05) is 12.4 Å². The normalized spacial score (nSPS) is 15.0. The van der Waals surface area contributed by atoms with Crippen LogP contribution >= 0.6 is 0 Å². The quantitative estimate of drug-likeness (QED) is 0.432. The molecule has 1 aromatic carbocycles. The van der Waals surface area contributed by atoms with Crippen molar-refractivity contribution in [3.63, 3.8) is 0 Å². The molecule has 1 amide bonds. The molecule has 3 rings (SSSR count). The van der Waals surface area contributed by atoms with E-state index in [9.17, 15) is 28.1 Å². The molecule has 0 radical (unpaired) electrons. The lowest BCUT2D eigenvalue weighted by Gasteiger charge is -2.29. The van der Waals surface area contributed by atoms with Crippen LogP contribution in [0.4, 0.5) is 5.82 Å². The summed E-state index contributed by atoms with van der Waals surface area (Å²) in [6.07, 6.45) is 0. The predicted molar refractivity (Wildman–Crippen MR) is 95.6 cm³/mol. The highest BCUT2D eigenvalue weighted by atomic mass is 32.2. The maximum atomic E-state index is 12.8. The lowest BCUT2D eigenvalue weighted by atomic mass is 9.75. The van der Waals surface area contributed by atoms with E-state index in [0.29, 0.717) is 10.1 Å². The summed E-state index contributed by atoms with van der Waals surface area (Å²) in [6.45, 7) is 1.56. The number of rotatable bonds is 5. The van der Waals surface area contributed by atoms with Gasteiger partial charge in [-0.25, -0.2) is 8.42 Å². The first-order valence-corrected chi connectivity index (χ1v) is 9.19. The molecular weight excluding hydrogens is 393 g/mol. The summed E-state index contributed by atoms with van der Waals surface area (Å²) in [6, 6.07) is 5.13. The Balaban J connectivity index is 2.17. The third kappa shape index (κ3) is 3.10. The minimum absolute atomic E-state index is 0.0111. The highest BCUT2D eigenvalue weighted by molar-refractivity contribution is 7.89. The van der Waals surface area contributed by atoms with E-state index in [0.717, 1.165) is 7.05 Å². The minimum Gasteiger partial charge on any atom is -0.508 e. The summed E-state index contributed by atoms with van der Waals surface area (Å²) in [5.41, 5.74) is -1.17. The highest BCUT2D eigenvalue weighted by Crippen LogP contribution is 2.34. The number of fused-ring (bicyclic) bond motifs is 1. The van der Waals surface area contributed by atoms with Crippen molar-refractivity contribution in [3.05, 3.63) is 41.3 Å². The van der Waals surface area contributed by atoms with Gasteiger partial charge in [-0.3, -0.25) is 13.9 Å². The van der Waals surface area contributed by atoms with Gasteiger partial charge in [0.05, 0.1) is 4.90 Å². The molecule has 1 aromatic heterocycles. The number of carbonyl (C=O) groups is 2. The van der Waals surface area contributed by atoms with Crippen LogP contribution in [0, 0.1) is 6.92 Å². The van der Waals surface area contributed by atoms with Crippen molar-refractivity contribution in [1.82, 2.24) is 9.46 Å². The summed E-state index contributed by atoms with van der Waals surface area (Å²) in [4.78, 5) is 22.8. The van der Waals surface area contributed by atoms with Crippen LogP contribution in [0.2, 0.25) is 0 Å². The zero-order valence-electron chi connectivity index (χ0n) is 14.6. The van der Waals surface area contributed by atoms with Crippen molar-refractivity contribution >= 4 is 46.6 Å². The monoisotopic (exact) mass is 407 g/mol. The molecule has 0 spiro atoms. The van der Waals surface area contributed by atoms with Crippen LogP contribution in [0.15, 0.2) is 39.4 Å². The summed E-state index contributed by atoms with van der Waals surface area (Å²) in [5.74, 6) is -1.30. The molecule has 0 bridgehead atoms. The molecule has 2 aromatic rings. The van der Waals surface area contributed by atoms with Gasteiger partial charge in [0.25, 0.3) is 22.4 Å². The number of nitrogens with zero attached hydrogens (tertiary/aromatic N) is 2. The van der Waals surface area contributed by atoms with E-state index < -0.39 is 34.5 Å². The molecule has 0 fully saturated rings. The van der Waals surface area contributed by atoms with Gasteiger partial charge >= 0.3 is 7.12 Å². The Hall–Kier alpha value is -3.32. The van der Waals surface area contributed by atoms with E-state index in [1.807, 2.05) is 0 Å². The third-order valence-corrected chi connectivity index (χ3v) is 5.81. The van der Waals surface area contributed by atoms with E-state index in [1.165, 1.54) is 24.3 Å². The SMILES string of the molecule is Cc1cc(NC(=O)C2=C(O)c3c(B(O)OC=O)cccc3S(=O)(=O)N2C)no1. The Morgan fingerprint density at radius 3 is 2.75 bits per heavy atom. The van der Waals surface area contributed by atoms with Crippen molar-refractivity contribution in [1.29, 1.82) is 0 Å². The van der Waals surface area contributed by atoms with Gasteiger partial charge in [-0.15, -0.1) is 0 Å². The van der Waals surface area contributed by atoms with E-state index >= 15 is 0 Å². The Morgan fingerprint density at radius 2 is 2.14 bits per heavy atom.